The SMILES string of the molecule is CCCCCCCCCCCCCOS(=O)(=O)c1cc(Cl)c2ccccc2c1Cl. The first kappa shape index (κ1) is 24.5. The maximum Gasteiger partial charge on any atom is 0.298 e. The molecule has 0 N–H and O–H groups in total. The summed E-state index contributed by atoms with van der Waals surface area (Å²) >= 11 is 12.6. The largest absolute Gasteiger partial charge is 0.298 e. The normalized spacial score (nSPS) is 12.0. The van der Waals surface area contributed by atoms with E-state index in [2.05, 4.69) is 6.92 Å². The zero-order valence-corrected chi connectivity index (χ0v) is 19.6. The van der Waals surface area contributed by atoms with Gasteiger partial charge in [0.1, 0.15) is 4.90 Å². The van der Waals surface area contributed by atoms with Gasteiger partial charge in [0.25, 0.3) is 10.1 Å². The molecule has 0 aliphatic heterocycles. The molecule has 0 bridgehead atoms. The fourth-order valence-electron chi connectivity index (χ4n) is 3.45. The van der Waals surface area contributed by atoms with Crippen LogP contribution in [0.15, 0.2) is 35.2 Å². The first-order valence-corrected chi connectivity index (χ1v) is 12.9. The maximum atomic E-state index is 12.6. The fraction of sp³-hybridized carbons (Fsp3) is 0.565. The van der Waals surface area contributed by atoms with E-state index in [1.54, 1.807) is 12.1 Å². The molecule has 0 amide bonds. The minimum atomic E-state index is -3.93. The van der Waals surface area contributed by atoms with Crippen molar-refractivity contribution in [2.75, 3.05) is 6.61 Å². The fourth-order valence-corrected chi connectivity index (χ4v) is 5.35. The second-order valence-corrected chi connectivity index (χ2v) is 9.90. The standard InChI is InChI=1S/C23H32Cl2O3S/c1-2-3-4-5-6-7-8-9-10-11-14-17-28-29(26,27)22-18-21(24)19-15-12-13-16-20(19)23(22)25/h12-13,15-16,18H,2-11,14,17H2,1H3. The minimum absolute atomic E-state index is 0.0639. The second kappa shape index (κ2) is 12.8. The van der Waals surface area contributed by atoms with E-state index in [4.69, 9.17) is 27.4 Å². The highest BCUT2D eigenvalue weighted by atomic mass is 35.5. The van der Waals surface area contributed by atoms with E-state index in [0.29, 0.717) is 16.8 Å². The minimum Gasteiger partial charge on any atom is -0.266 e. The number of hydrogen-bond acceptors (Lipinski definition) is 3. The van der Waals surface area contributed by atoms with Crippen LogP contribution in [0.4, 0.5) is 0 Å². The molecule has 2 aromatic carbocycles. The van der Waals surface area contributed by atoms with Crippen molar-refractivity contribution in [2.45, 2.75) is 82.4 Å². The van der Waals surface area contributed by atoms with Gasteiger partial charge >= 0.3 is 0 Å². The lowest BCUT2D eigenvalue weighted by Gasteiger charge is -2.11. The molecule has 2 aromatic rings. The van der Waals surface area contributed by atoms with Crippen LogP contribution in [0, 0.1) is 0 Å². The van der Waals surface area contributed by atoms with Gasteiger partial charge in [0.2, 0.25) is 0 Å². The molecule has 0 unspecified atom stereocenters. The Hall–Kier alpha value is -0.810. The molecule has 0 saturated heterocycles. The lowest BCUT2D eigenvalue weighted by molar-refractivity contribution is 0.306. The topological polar surface area (TPSA) is 43.4 Å². The molecule has 3 nitrogen and oxygen atoms in total. The zero-order chi connectivity index (χ0) is 21.1. The zero-order valence-electron chi connectivity index (χ0n) is 17.3. The molecule has 0 spiro atoms. The third-order valence-electron chi connectivity index (χ3n) is 5.15. The van der Waals surface area contributed by atoms with Crippen LogP contribution >= 0.6 is 23.2 Å². The summed E-state index contributed by atoms with van der Waals surface area (Å²) in [6, 6.07) is 8.58. The van der Waals surface area contributed by atoms with Crippen LogP contribution in [0.1, 0.15) is 77.6 Å². The van der Waals surface area contributed by atoms with E-state index in [1.165, 1.54) is 57.4 Å². The number of hydrogen-bond donors (Lipinski definition) is 0. The van der Waals surface area contributed by atoms with E-state index in [0.717, 1.165) is 18.2 Å². The number of unbranched alkanes of at least 4 members (excludes halogenated alkanes) is 10. The Morgan fingerprint density at radius 1 is 0.793 bits per heavy atom. The third kappa shape index (κ3) is 7.75. The van der Waals surface area contributed by atoms with Crippen LogP contribution in [-0.4, -0.2) is 15.0 Å². The summed E-state index contributed by atoms with van der Waals surface area (Å²) in [7, 11) is -3.93. The molecule has 162 valence electrons. The van der Waals surface area contributed by atoms with E-state index in [1.807, 2.05) is 12.1 Å². The van der Waals surface area contributed by atoms with Gasteiger partial charge in [-0.3, -0.25) is 4.18 Å². The third-order valence-corrected chi connectivity index (χ3v) is 7.32. The van der Waals surface area contributed by atoms with Crippen molar-refractivity contribution in [1.82, 2.24) is 0 Å². The van der Waals surface area contributed by atoms with Crippen LogP contribution in [-0.2, 0) is 14.3 Å². The Balaban J connectivity index is 1.72. The molecule has 0 aromatic heterocycles. The van der Waals surface area contributed by atoms with E-state index in [9.17, 15) is 8.42 Å². The van der Waals surface area contributed by atoms with E-state index < -0.39 is 10.1 Å². The first-order chi connectivity index (χ1) is 14.0. The van der Waals surface area contributed by atoms with Crippen molar-refractivity contribution in [3.63, 3.8) is 0 Å². The predicted molar refractivity (Wildman–Crippen MR) is 124 cm³/mol. The van der Waals surface area contributed by atoms with Crippen LogP contribution in [0.2, 0.25) is 10.0 Å². The second-order valence-electron chi connectivity index (χ2n) is 7.53. The average molecular weight is 459 g/mol. The van der Waals surface area contributed by atoms with Gasteiger partial charge in [-0.1, -0.05) is 119 Å². The molecule has 0 aliphatic carbocycles. The summed E-state index contributed by atoms with van der Waals surface area (Å²) in [5, 5.41) is 1.84. The summed E-state index contributed by atoms with van der Waals surface area (Å²) in [5.41, 5.74) is 0. The molecule has 0 atom stereocenters. The van der Waals surface area contributed by atoms with Crippen LogP contribution < -0.4 is 0 Å². The Kier molecular flexibility index (Phi) is 10.8. The molecule has 29 heavy (non-hydrogen) atoms. The smallest absolute Gasteiger partial charge is 0.266 e. The molecule has 6 heteroatoms. The highest BCUT2D eigenvalue weighted by molar-refractivity contribution is 7.87. The molecular formula is C23H32Cl2O3S. The van der Waals surface area contributed by atoms with Gasteiger partial charge in [0.15, 0.2) is 0 Å². The summed E-state index contributed by atoms with van der Waals surface area (Å²) in [6.07, 6.45) is 13.2. The molecule has 0 saturated carbocycles. The maximum absolute atomic E-state index is 12.6. The van der Waals surface area contributed by atoms with Crippen LogP contribution in [0.25, 0.3) is 10.8 Å². The van der Waals surface area contributed by atoms with Gasteiger partial charge in [-0.15, -0.1) is 0 Å². The lowest BCUT2D eigenvalue weighted by atomic mass is 10.1. The number of halogens is 2. The van der Waals surface area contributed by atoms with E-state index in [-0.39, 0.29) is 16.5 Å². The molecule has 0 heterocycles. The summed E-state index contributed by atoms with van der Waals surface area (Å²) in [4.78, 5) is -0.0639. The molecule has 0 aliphatic rings. The van der Waals surface area contributed by atoms with Crippen molar-refractivity contribution in [3.8, 4) is 0 Å². The molecule has 2 rings (SSSR count). The van der Waals surface area contributed by atoms with Crippen molar-refractivity contribution in [2.24, 2.45) is 0 Å². The van der Waals surface area contributed by atoms with Crippen molar-refractivity contribution in [3.05, 3.63) is 40.4 Å². The van der Waals surface area contributed by atoms with Gasteiger partial charge in [-0.2, -0.15) is 8.42 Å². The highest BCUT2D eigenvalue weighted by Crippen LogP contribution is 2.36. The molecular weight excluding hydrogens is 427 g/mol. The predicted octanol–water partition coefficient (Wildman–Crippen LogP) is 8.16. The van der Waals surface area contributed by atoms with Crippen molar-refractivity contribution in [1.29, 1.82) is 0 Å². The Morgan fingerprint density at radius 3 is 1.90 bits per heavy atom. The Labute approximate surface area is 185 Å². The van der Waals surface area contributed by atoms with Gasteiger partial charge in [0, 0.05) is 15.8 Å². The van der Waals surface area contributed by atoms with Crippen molar-refractivity contribution >= 4 is 44.1 Å². The van der Waals surface area contributed by atoms with Crippen LogP contribution in [0.3, 0.4) is 0 Å². The van der Waals surface area contributed by atoms with E-state index >= 15 is 0 Å². The average Bonchev–Trinajstić information content (AvgIpc) is 2.71. The molecule has 0 fully saturated rings. The highest BCUT2D eigenvalue weighted by Gasteiger charge is 2.22. The summed E-state index contributed by atoms with van der Waals surface area (Å²) in [6.45, 7) is 2.40. The van der Waals surface area contributed by atoms with Crippen LogP contribution in [0.5, 0.6) is 0 Å². The summed E-state index contributed by atoms with van der Waals surface area (Å²) in [5.74, 6) is 0. The lowest BCUT2D eigenvalue weighted by Crippen LogP contribution is -2.08. The first-order valence-electron chi connectivity index (χ1n) is 10.7. The number of rotatable bonds is 14. The van der Waals surface area contributed by atoms with Gasteiger partial charge in [0.05, 0.1) is 11.6 Å². The number of benzene rings is 2. The quantitative estimate of drug-likeness (QED) is 0.211. The number of fused-ring (bicyclic) bond motifs is 1. The van der Waals surface area contributed by atoms with Gasteiger partial charge in [-0.05, 0) is 12.5 Å². The van der Waals surface area contributed by atoms with Gasteiger partial charge < -0.3 is 0 Å². The van der Waals surface area contributed by atoms with Crippen molar-refractivity contribution < 1.29 is 12.6 Å². The Bertz CT molecular complexity index is 866. The van der Waals surface area contributed by atoms with Gasteiger partial charge in [-0.25, -0.2) is 0 Å². The molecule has 0 radical (unpaired) electrons. The Morgan fingerprint density at radius 2 is 1.31 bits per heavy atom. The monoisotopic (exact) mass is 458 g/mol. The summed E-state index contributed by atoms with van der Waals surface area (Å²) < 4.78 is 30.3.